The van der Waals surface area contributed by atoms with Crippen molar-refractivity contribution in [3.8, 4) is 0 Å². The van der Waals surface area contributed by atoms with E-state index in [0.29, 0.717) is 0 Å². The normalized spacial score (nSPS) is 9.22. The molecule has 0 heterocycles. The summed E-state index contributed by atoms with van der Waals surface area (Å²) in [5, 5.41) is 0. The molecule has 0 amide bonds. The maximum absolute atomic E-state index is 5.51. The van der Waals surface area contributed by atoms with Crippen LogP contribution in [0.4, 0.5) is 22.7 Å². The van der Waals surface area contributed by atoms with E-state index in [4.69, 9.17) is 17.2 Å². The molecule has 0 saturated heterocycles. The number of benzene rings is 2. The molecule has 2 rings (SSSR count). The molecule has 2 aromatic carbocycles. The maximum atomic E-state index is 5.51. The summed E-state index contributed by atoms with van der Waals surface area (Å²) >= 11 is 0. The lowest BCUT2D eigenvalue weighted by atomic mass is 10.3. The van der Waals surface area contributed by atoms with Crippen molar-refractivity contribution < 1.29 is 0 Å². The molecule has 0 aliphatic rings. The van der Waals surface area contributed by atoms with Gasteiger partial charge in [0.2, 0.25) is 0 Å². The van der Waals surface area contributed by atoms with Crippen molar-refractivity contribution in [2.24, 2.45) is 0 Å². The standard InChI is InChI=1S/C8H12N2.C6H8N2/c1-10(2)8-5-3-7(9)4-6-8;7-5-1-2-6(8)4-3-5/h3-6H,9H2,1-2H3;1-4H,7-8H2. The lowest BCUT2D eigenvalue weighted by Gasteiger charge is -2.11. The van der Waals surface area contributed by atoms with E-state index in [1.54, 1.807) is 24.3 Å². The molecule has 0 saturated carbocycles. The van der Waals surface area contributed by atoms with Crippen LogP contribution in [0, 0.1) is 0 Å². The van der Waals surface area contributed by atoms with Crippen LogP contribution in [0.2, 0.25) is 0 Å². The minimum atomic E-state index is 0.749. The lowest BCUT2D eigenvalue weighted by molar-refractivity contribution is 1.13. The van der Waals surface area contributed by atoms with Gasteiger partial charge in [0.15, 0.2) is 0 Å². The van der Waals surface area contributed by atoms with Gasteiger partial charge in [-0.2, -0.15) is 0 Å². The smallest absolute Gasteiger partial charge is 0.0362 e. The number of anilines is 4. The fraction of sp³-hybridized carbons (Fsp3) is 0.143. The topological polar surface area (TPSA) is 81.3 Å². The van der Waals surface area contributed by atoms with E-state index in [1.807, 2.05) is 43.3 Å². The Morgan fingerprint density at radius 2 is 0.889 bits per heavy atom. The highest BCUT2D eigenvalue weighted by molar-refractivity contribution is 5.52. The minimum Gasteiger partial charge on any atom is -0.399 e. The Labute approximate surface area is 108 Å². The third-order valence-corrected chi connectivity index (χ3v) is 2.35. The van der Waals surface area contributed by atoms with Gasteiger partial charge in [-0.3, -0.25) is 0 Å². The number of nitrogens with zero attached hydrogens (tertiary/aromatic N) is 1. The Morgan fingerprint density at radius 1 is 0.611 bits per heavy atom. The summed E-state index contributed by atoms with van der Waals surface area (Å²) in [6.07, 6.45) is 0. The van der Waals surface area contributed by atoms with Gasteiger partial charge in [0.05, 0.1) is 0 Å². The van der Waals surface area contributed by atoms with Gasteiger partial charge in [-0.1, -0.05) is 0 Å². The lowest BCUT2D eigenvalue weighted by Crippen LogP contribution is -2.08. The molecule has 0 aromatic heterocycles. The van der Waals surface area contributed by atoms with Gasteiger partial charge < -0.3 is 22.1 Å². The van der Waals surface area contributed by atoms with Crippen LogP contribution in [-0.2, 0) is 0 Å². The van der Waals surface area contributed by atoms with Crippen LogP contribution >= 0.6 is 0 Å². The monoisotopic (exact) mass is 244 g/mol. The average molecular weight is 244 g/mol. The Hall–Kier alpha value is -2.36. The van der Waals surface area contributed by atoms with Crippen LogP contribution in [0.25, 0.3) is 0 Å². The minimum absolute atomic E-state index is 0.749. The fourth-order valence-electron chi connectivity index (χ4n) is 1.27. The number of hydrogen-bond donors (Lipinski definition) is 3. The number of nitrogens with two attached hydrogens (primary N) is 3. The molecule has 4 nitrogen and oxygen atoms in total. The van der Waals surface area contributed by atoms with Gasteiger partial charge in [-0.05, 0) is 48.5 Å². The molecule has 96 valence electrons. The fourth-order valence-corrected chi connectivity index (χ4v) is 1.27. The molecule has 0 spiro atoms. The van der Waals surface area contributed by atoms with Gasteiger partial charge in [0.25, 0.3) is 0 Å². The van der Waals surface area contributed by atoms with Gasteiger partial charge >= 0.3 is 0 Å². The first-order chi connectivity index (χ1) is 8.49. The predicted molar refractivity (Wildman–Crippen MR) is 80.4 cm³/mol. The van der Waals surface area contributed by atoms with Crippen molar-refractivity contribution in [2.45, 2.75) is 0 Å². The Morgan fingerprint density at radius 3 is 1.17 bits per heavy atom. The van der Waals surface area contributed by atoms with Crippen molar-refractivity contribution in [3.63, 3.8) is 0 Å². The largest absolute Gasteiger partial charge is 0.399 e. The summed E-state index contributed by atoms with van der Waals surface area (Å²) in [7, 11) is 4.01. The van der Waals surface area contributed by atoms with Crippen LogP contribution in [0.1, 0.15) is 0 Å². The van der Waals surface area contributed by atoms with Crippen LogP contribution in [0.3, 0.4) is 0 Å². The van der Waals surface area contributed by atoms with Crippen molar-refractivity contribution in [1.29, 1.82) is 0 Å². The van der Waals surface area contributed by atoms with Crippen molar-refractivity contribution >= 4 is 22.7 Å². The van der Waals surface area contributed by atoms with E-state index in [-0.39, 0.29) is 0 Å². The second-order valence-corrected chi connectivity index (χ2v) is 4.15. The summed E-state index contributed by atoms with van der Waals surface area (Å²) in [4.78, 5) is 2.04. The van der Waals surface area contributed by atoms with Crippen molar-refractivity contribution in [1.82, 2.24) is 0 Å². The third kappa shape index (κ3) is 4.65. The molecular formula is C14H20N4. The molecule has 0 atom stereocenters. The predicted octanol–water partition coefficient (Wildman–Crippen LogP) is 2.19. The molecule has 4 heteroatoms. The van der Waals surface area contributed by atoms with E-state index >= 15 is 0 Å². The molecule has 0 fully saturated rings. The SMILES string of the molecule is CN(C)c1ccc(N)cc1.Nc1ccc(N)cc1. The number of rotatable bonds is 1. The average Bonchev–Trinajstić information content (AvgIpc) is 2.34. The Kier molecular flexibility index (Phi) is 4.87. The Bertz CT molecular complexity index is 439. The summed E-state index contributed by atoms with van der Waals surface area (Å²) in [6.45, 7) is 0. The highest BCUT2D eigenvalue weighted by Gasteiger charge is 1.91. The second kappa shape index (κ2) is 6.39. The maximum Gasteiger partial charge on any atom is 0.0362 e. The van der Waals surface area contributed by atoms with E-state index < -0.39 is 0 Å². The van der Waals surface area contributed by atoms with Crippen molar-refractivity contribution in [3.05, 3.63) is 48.5 Å². The quantitative estimate of drug-likeness (QED) is 0.672. The molecule has 0 aliphatic carbocycles. The van der Waals surface area contributed by atoms with Gasteiger partial charge in [-0.25, -0.2) is 0 Å². The third-order valence-electron chi connectivity index (χ3n) is 2.35. The molecular weight excluding hydrogens is 224 g/mol. The molecule has 0 radical (unpaired) electrons. The first-order valence-electron chi connectivity index (χ1n) is 5.63. The molecule has 0 aliphatic heterocycles. The molecule has 2 aromatic rings. The summed E-state index contributed by atoms with van der Waals surface area (Å²) in [5.41, 5.74) is 19.7. The number of nitrogen functional groups attached to an aromatic ring is 3. The van der Waals surface area contributed by atoms with Gasteiger partial charge in [0, 0.05) is 36.8 Å². The van der Waals surface area contributed by atoms with Crippen LogP contribution < -0.4 is 22.1 Å². The van der Waals surface area contributed by atoms with Gasteiger partial charge in [-0.15, -0.1) is 0 Å². The zero-order valence-corrected chi connectivity index (χ0v) is 10.8. The molecule has 18 heavy (non-hydrogen) atoms. The van der Waals surface area contributed by atoms with Crippen LogP contribution in [-0.4, -0.2) is 14.1 Å². The summed E-state index contributed by atoms with van der Waals surface area (Å²) in [5.74, 6) is 0. The van der Waals surface area contributed by atoms with Gasteiger partial charge in [0.1, 0.15) is 0 Å². The number of hydrogen-bond acceptors (Lipinski definition) is 4. The molecule has 0 bridgehead atoms. The van der Waals surface area contributed by atoms with Crippen molar-refractivity contribution in [2.75, 3.05) is 36.2 Å². The zero-order chi connectivity index (χ0) is 13.5. The van der Waals surface area contributed by atoms with Crippen LogP contribution in [0.15, 0.2) is 48.5 Å². The van der Waals surface area contributed by atoms with Crippen LogP contribution in [0.5, 0.6) is 0 Å². The van der Waals surface area contributed by atoms with E-state index in [0.717, 1.165) is 17.1 Å². The second-order valence-electron chi connectivity index (χ2n) is 4.15. The first kappa shape index (κ1) is 13.7. The highest BCUT2D eigenvalue weighted by atomic mass is 15.1. The Balaban J connectivity index is 0.000000184. The highest BCUT2D eigenvalue weighted by Crippen LogP contribution is 2.12. The molecule has 0 unspecified atom stereocenters. The zero-order valence-electron chi connectivity index (χ0n) is 10.8. The van der Waals surface area contributed by atoms with E-state index in [1.165, 1.54) is 5.69 Å². The van der Waals surface area contributed by atoms with E-state index in [2.05, 4.69) is 0 Å². The summed E-state index contributed by atoms with van der Waals surface area (Å²) in [6, 6.07) is 14.9. The summed E-state index contributed by atoms with van der Waals surface area (Å²) < 4.78 is 0. The molecule has 6 N–H and O–H groups in total. The van der Waals surface area contributed by atoms with E-state index in [9.17, 15) is 0 Å². The first-order valence-corrected chi connectivity index (χ1v) is 5.63.